The minimum Gasteiger partial charge on any atom is -0.491 e. The summed E-state index contributed by atoms with van der Waals surface area (Å²) in [5, 5.41) is 10.5. The Morgan fingerprint density at radius 1 is 0.708 bits per heavy atom. The quantitative estimate of drug-likeness (QED) is 0.101. The molecule has 3 aromatic carbocycles. The van der Waals surface area contributed by atoms with Crippen molar-refractivity contribution in [3.8, 4) is 11.5 Å². The minimum atomic E-state index is -0.562. The number of fused-ring (bicyclic) bond motifs is 6. The van der Waals surface area contributed by atoms with Crippen molar-refractivity contribution in [3.63, 3.8) is 0 Å². The third kappa shape index (κ3) is 12.2. The van der Waals surface area contributed by atoms with Crippen LogP contribution in [-0.2, 0) is 34.9 Å². The molecule has 65 heavy (non-hydrogen) atoms. The number of amides is 2. The van der Waals surface area contributed by atoms with Gasteiger partial charge in [-0.05, 0) is 92.8 Å². The van der Waals surface area contributed by atoms with E-state index in [1.165, 1.54) is 0 Å². The van der Waals surface area contributed by atoms with E-state index in [4.69, 9.17) is 23.7 Å². The molecule has 4 aromatic heterocycles. The highest BCUT2D eigenvalue weighted by Crippen LogP contribution is 2.28. The Hall–Kier alpha value is -7.00. The number of aromatic nitrogens is 4. The molecule has 0 aliphatic rings. The molecule has 7 rings (SSSR count). The number of carbonyl (C=O) groups excluding carboxylic acids is 2. The number of benzene rings is 3. The molecule has 2 atom stereocenters. The van der Waals surface area contributed by atoms with Crippen LogP contribution in [0.3, 0.4) is 0 Å². The van der Waals surface area contributed by atoms with Crippen LogP contribution in [0, 0.1) is 12.8 Å². The van der Waals surface area contributed by atoms with Crippen molar-refractivity contribution in [2.75, 3.05) is 26.9 Å². The third-order valence-corrected chi connectivity index (χ3v) is 10.5. The van der Waals surface area contributed by atoms with Crippen molar-refractivity contribution in [2.45, 2.75) is 72.3 Å². The Balaban J connectivity index is 0.000000216. The highest BCUT2D eigenvalue weighted by molar-refractivity contribution is 6.07. The molecule has 4 heterocycles. The Morgan fingerprint density at radius 2 is 1.31 bits per heavy atom. The van der Waals surface area contributed by atoms with E-state index < -0.39 is 23.8 Å². The second kappa shape index (κ2) is 21.1. The SMILES string of the molecule is COC[C@@H](COc1ccc2c3ccncc3c(=O)n(C)c2c1)NC(=O)OCc1ccccc1.Cc1nccc2c1c(=O)n(C)c1cc(OC[C@@H](CC(C)C)NC(=O)OC(C)(C)C)ccc21. The highest BCUT2D eigenvalue weighted by Gasteiger charge is 2.22. The monoisotopic (exact) mass is 886 g/mol. The number of alkyl carbamates (subject to hydrolysis) is 2. The molecule has 0 radical (unpaired) electrons. The average molecular weight is 887 g/mol. The van der Waals surface area contributed by atoms with Gasteiger partial charge in [0.05, 0.1) is 46.2 Å². The Morgan fingerprint density at radius 3 is 1.94 bits per heavy atom. The molecule has 0 saturated heterocycles. The molecule has 15 nitrogen and oxygen atoms in total. The number of ether oxygens (including phenoxy) is 5. The van der Waals surface area contributed by atoms with Crippen LogP contribution in [0.5, 0.6) is 11.5 Å². The standard InChI is InChI=1S/C25H25N3O5.C25H33N3O4/c1-28-23-12-19(8-9-21(23)20-10-11-26-13-22(20)24(28)29)32-16-18(15-31-2)27-25(30)33-14-17-6-4-3-5-7-17;1-15(2)12-17(27-24(30)32-25(4,5)6)14-31-18-8-9-19-20-10-11-26-16(3)22(20)23(29)28(7)21(19)13-18/h3-13,18H,14-16H2,1-2H3,(H,27,30);8-11,13,15,17H,12,14H2,1-7H3,(H,27,30)/t18-;17-/m01/s1. The third-order valence-electron chi connectivity index (χ3n) is 10.5. The molecule has 0 aliphatic heterocycles. The van der Waals surface area contributed by atoms with Crippen LogP contribution in [0.1, 0.15) is 52.3 Å². The van der Waals surface area contributed by atoms with E-state index >= 15 is 0 Å². The fourth-order valence-corrected chi connectivity index (χ4v) is 7.51. The molecule has 0 spiro atoms. The summed E-state index contributed by atoms with van der Waals surface area (Å²) < 4.78 is 31.1. The van der Waals surface area contributed by atoms with Crippen molar-refractivity contribution in [2.24, 2.45) is 20.0 Å². The summed E-state index contributed by atoms with van der Waals surface area (Å²) >= 11 is 0. The minimum absolute atomic E-state index is 0.0838. The maximum Gasteiger partial charge on any atom is 0.407 e. The van der Waals surface area contributed by atoms with Crippen molar-refractivity contribution >= 4 is 55.5 Å². The Kier molecular flexibility index (Phi) is 15.4. The molecule has 2 amide bonds. The summed E-state index contributed by atoms with van der Waals surface area (Å²) in [5.74, 6) is 1.59. The molecule has 0 bridgehead atoms. The van der Waals surface area contributed by atoms with E-state index in [1.54, 1.807) is 48.9 Å². The molecule has 0 aliphatic carbocycles. The van der Waals surface area contributed by atoms with E-state index in [0.29, 0.717) is 34.8 Å². The molecule has 342 valence electrons. The van der Waals surface area contributed by atoms with E-state index in [0.717, 1.165) is 50.3 Å². The molecule has 0 fully saturated rings. The number of nitrogens with one attached hydrogen (secondary N) is 2. The van der Waals surface area contributed by atoms with Crippen LogP contribution >= 0.6 is 0 Å². The number of aryl methyl sites for hydroxylation is 3. The normalized spacial score (nSPS) is 12.4. The van der Waals surface area contributed by atoms with Crippen LogP contribution in [-0.4, -0.2) is 75.9 Å². The summed E-state index contributed by atoms with van der Waals surface area (Å²) in [5.41, 5.74) is 2.38. The molecular weight excluding hydrogens is 829 g/mol. The molecule has 7 aromatic rings. The lowest BCUT2D eigenvalue weighted by atomic mass is 10.0. The van der Waals surface area contributed by atoms with Gasteiger partial charge in [0.2, 0.25) is 0 Å². The molecule has 2 N–H and O–H groups in total. The Bertz CT molecular complexity index is 2910. The average Bonchev–Trinajstić information content (AvgIpc) is 3.27. The first-order valence-corrected chi connectivity index (χ1v) is 21.5. The van der Waals surface area contributed by atoms with Gasteiger partial charge < -0.3 is 43.5 Å². The van der Waals surface area contributed by atoms with E-state index in [9.17, 15) is 19.2 Å². The first-order chi connectivity index (χ1) is 31.0. The fraction of sp³-hybridized carbons (Fsp3) is 0.360. The van der Waals surface area contributed by atoms with Gasteiger partial charge in [-0.15, -0.1) is 0 Å². The maximum atomic E-state index is 12.9. The van der Waals surface area contributed by atoms with Crippen molar-refractivity contribution < 1.29 is 33.3 Å². The van der Waals surface area contributed by atoms with E-state index in [2.05, 4.69) is 34.4 Å². The van der Waals surface area contributed by atoms with Gasteiger partial charge >= 0.3 is 12.2 Å². The number of methoxy groups -OCH3 is 1. The summed E-state index contributed by atoms with van der Waals surface area (Å²) in [6, 6.07) is 23.8. The van der Waals surface area contributed by atoms with Crippen LogP contribution in [0.2, 0.25) is 0 Å². The van der Waals surface area contributed by atoms with Crippen LogP contribution in [0.4, 0.5) is 9.59 Å². The van der Waals surface area contributed by atoms with Crippen LogP contribution in [0.25, 0.3) is 43.4 Å². The lowest BCUT2D eigenvalue weighted by molar-refractivity contribution is 0.0480. The molecule has 15 heteroatoms. The Labute approximate surface area is 377 Å². The first kappa shape index (κ1) is 47.5. The van der Waals surface area contributed by atoms with Gasteiger partial charge in [0.15, 0.2) is 0 Å². The zero-order chi connectivity index (χ0) is 46.8. The van der Waals surface area contributed by atoms with Crippen LogP contribution in [0.15, 0.2) is 107 Å². The number of rotatable bonds is 14. The van der Waals surface area contributed by atoms with Gasteiger partial charge in [-0.1, -0.05) is 44.2 Å². The van der Waals surface area contributed by atoms with E-state index in [-0.39, 0.29) is 37.0 Å². The van der Waals surface area contributed by atoms with Crippen molar-refractivity contribution in [3.05, 3.63) is 129 Å². The predicted molar refractivity (Wildman–Crippen MR) is 253 cm³/mol. The van der Waals surface area contributed by atoms with Gasteiger partial charge in [0, 0.05) is 62.7 Å². The van der Waals surface area contributed by atoms with Crippen LogP contribution < -0.4 is 31.2 Å². The summed E-state index contributed by atoms with van der Waals surface area (Å²) in [4.78, 5) is 58.4. The van der Waals surface area contributed by atoms with E-state index in [1.807, 2.05) is 107 Å². The number of carbonyl (C=O) groups is 2. The topological polar surface area (TPSA) is 174 Å². The van der Waals surface area contributed by atoms with Gasteiger partial charge in [-0.2, -0.15) is 0 Å². The zero-order valence-electron chi connectivity index (χ0n) is 38.5. The first-order valence-electron chi connectivity index (χ1n) is 21.5. The molecule has 0 saturated carbocycles. The fourth-order valence-electron chi connectivity index (χ4n) is 7.51. The van der Waals surface area contributed by atoms with Crippen molar-refractivity contribution in [1.29, 1.82) is 0 Å². The van der Waals surface area contributed by atoms with Gasteiger partial charge in [0.1, 0.15) is 36.9 Å². The lowest BCUT2D eigenvalue weighted by Gasteiger charge is -2.25. The maximum absolute atomic E-state index is 12.9. The lowest BCUT2D eigenvalue weighted by Crippen LogP contribution is -2.42. The summed E-state index contributed by atoms with van der Waals surface area (Å²) in [6.07, 6.45) is 4.72. The number of pyridine rings is 4. The van der Waals surface area contributed by atoms with Gasteiger partial charge in [0.25, 0.3) is 11.1 Å². The second-order valence-electron chi connectivity index (χ2n) is 17.3. The van der Waals surface area contributed by atoms with Crippen molar-refractivity contribution in [1.82, 2.24) is 29.7 Å². The van der Waals surface area contributed by atoms with Gasteiger partial charge in [-0.3, -0.25) is 19.6 Å². The summed E-state index contributed by atoms with van der Waals surface area (Å²) in [6.45, 7) is 12.4. The highest BCUT2D eigenvalue weighted by atomic mass is 16.6. The molecular formula is C50H58N6O9. The predicted octanol–water partition coefficient (Wildman–Crippen LogP) is 8.12. The smallest absolute Gasteiger partial charge is 0.407 e. The number of nitrogens with zero attached hydrogens (tertiary/aromatic N) is 4. The van der Waals surface area contributed by atoms with Gasteiger partial charge in [-0.25, -0.2) is 9.59 Å². The zero-order valence-corrected chi connectivity index (χ0v) is 38.5. The number of hydrogen-bond donors (Lipinski definition) is 2. The second-order valence-corrected chi connectivity index (χ2v) is 17.3. The number of hydrogen-bond acceptors (Lipinski definition) is 11. The summed E-state index contributed by atoms with van der Waals surface area (Å²) in [7, 11) is 5.03. The molecule has 0 unspecified atom stereocenters. The largest absolute Gasteiger partial charge is 0.491 e.